The van der Waals surface area contributed by atoms with E-state index in [0.717, 1.165) is 0 Å². The molecule has 0 saturated heterocycles. The van der Waals surface area contributed by atoms with E-state index >= 15 is 0 Å². The lowest BCUT2D eigenvalue weighted by Crippen LogP contribution is -2.46. The van der Waals surface area contributed by atoms with Gasteiger partial charge in [-0.25, -0.2) is 0 Å². The second-order valence-corrected chi connectivity index (χ2v) is 4.43. The van der Waals surface area contributed by atoms with Crippen molar-refractivity contribution >= 4 is 17.6 Å². The molecule has 0 aliphatic rings. The molecule has 2 amide bonds. The number of anilines is 1. The van der Waals surface area contributed by atoms with Crippen molar-refractivity contribution < 1.29 is 9.59 Å². The number of nitrogens with two attached hydrogens (primary N) is 1. The van der Waals surface area contributed by atoms with Crippen molar-refractivity contribution in [2.24, 2.45) is 7.05 Å². The lowest BCUT2D eigenvalue weighted by atomic mass is 10.2. The molecule has 1 rings (SSSR count). The Balaban J connectivity index is 2.65. The normalized spacial score (nSPS) is 12.3. The second-order valence-electron chi connectivity index (χ2n) is 4.43. The highest BCUT2D eigenvalue weighted by molar-refractivity contribution is 6.00. The molecule has 1 heterocycles. The minimum absolute atomic E-state index is 0.0281. The molecule has 1 atom stereocenters. The van der Waals surface area contributed by atoms with Crippen molar-refractivity contribution in [3.8, 4) is 0 Å². The summed E-state index contributed by atoms with van der Waals surface area (Å²) in [6, 6.07) is -0.597. The lowest BCUT2D eigenvalue weighted by molar-refractivity contribution is -0.123. The molecule has 7 heteroatoms. The Kier molecular flexibility index (Phi) is 4.30. The average Bonchev–Trinajstić information content (AvgIpc) is 2.58. The van der Waals surface area contributed by atoms with E-state index in [1.54, 1.807) is 14.0 Å². The van der Waals surface area contributed by atoms with Crippen LogP contribution in [0.5, 0.6) is 0 Å². The zero-order chi connectivity index (χ0) is 13.9. The molecular weight excluding hydrogens is 234 g/mol. The average molecular weight is 253 g/mol. The van der Waals surface area contributed by atoms with E-state index in [4.69, 9.17) is 5.73 Å². The second kappa shape index (κ2) is 5.52. The quantitative estimate of drug-likeness (QED) is 0.682. The maximum absolute atomic E-state index is 11.9. The molecule has 0 radical (unpaired) electrons. The van der Waals surface area contributed by atoms with Gasteiger partial charge in [0.1, 0.15) is 17.4 Å². The lowest BCUT2D eigenvalue weighted by Gasteiger charge is -2.15. The number of carbonyl (C=O) groups excluding carboxylic acids is 2. The topological polar surface area (TPSA) is 102 Å². The van der Waals surface area contributed by atoms with E-state index in [2.05, 4.69) is 15.7 Å². The summed E-state index contributed by atoms with van der Waals surface area (Å²) in [5.74, 6) is -0.378. The predicted octanol–water partition coefficient (Wildman–Crippen LogP) is -0.355. The fraction of sp³-hybridized carbons (Fsp3) is 0.545. The van der Waals surface area contributed by atoms with Crippen molar-refractivity contribution in [1.82, 2.24) is 20.4 Å². The third-order valence-corrected chi connectivity index (χ3v) is 2.40. The largest absolute Gasteiger partial charge is 0.383 e. The van der Waals surface area contributed by atoms with Crippen molar-refractivity contribution in [2.75, 3.05) is 5.73 Å². The number of hydrogen-bond donors (Lipinski definition) is 3. The number of hydrogen-bond acceptors (Lipinski definition) is 4. The van der Waals surface area contributed by atoms with Crippen LogP contribution in [-0.2, 0) is 11.8 Å². The smallest absolute Gasteiger partial charge is 0.257 e. The monoisotopic (exact) mass is 253 g/mol. The minimum atomic E-state index is -0.625. The van der Waals surface area contributed by atoms with Crippen LogP contribution in [0.1, 0.15) is 31.1 Å². The molecule has 0 aromatic carbocycles. The number of amides is 2. The Morgan fingerprint density at radius 1 is 1.33 bits per heavy atom. The van der Waals surface area contributed by atoms with Gasteiger partial charge in [0.25, 0.3) is 5.91 Å². The highest BCUT2D eigenvalue weighted by Crippen LogP contribution is 2.08. The molecule has 1 unspecified atom stereocenters. The number of nitrogen functional groups attached to an aromatic ring is 1. The summed E-state index contributed by atoms with van der Waals surface area (Å²) in [7, 11) is 1.64. The van der Waals surface area contributed by atoms with Gasteiger partial charge >= 0.3 is 0 Å². The highest BCUT2D eigenvalue weighted by Gasteiger charge is 2.20. The SMILES string of the molecule is CC(C)NC(=O)C(C)NC(=O)c1cnn(C)c1N. The van der Waals surface area contributed by atoms with E-state index in [0.29, 0.717) is 0 Å². The van der Waals surface area contributed by atoms with Gasteiger partial charge in [-0.05, 0) is 20.8 Å². The summed E-state index contributed by atoms with van der Waals surface area (Å²) in [6.07, 6.45) is 1.37. The number of carbonyl (C=O) groups is 2. The van der Waals surface area contributed by atoms with E-state index in [-0.39, 0.29) is 23.3 Å². The molecule has 1 aromatic rings. The van der Waals surface area contributed by atoms with E-state index in [1.807, 2.05) is 13.8 Å². The van der Waals surface area contributed by atoms with Crippen LogP contribution in [-0.4, -0.2) is 33.7 Å². The van der Waals surface area contributed by atoms with Crippen molar-refractivity contribution in [1.29, 1.82) is 0 Å². The van der Waals surface area contributed by atoms with Gasteiger partial charge in [0.2, 0.25) is 5.91 Å². The summed E-state index contributed by atoms with van der Waals surface area (Å²) < 4.78 is 1.40. The summed E-state index contributed by atoms with van der Waals surface area (Å²) in [5.41, 5.74) is 5.94. The zero-order valence-corrected chi connectivity index (χ0v) is 11.0. The fourth-order valence-electron chi connectivity index (χ4n) is 1.37. The maximum atomic E-state index is 11.9. The molecule has 0 bridgehead atoms. The third-order valence-electron chi connectivity index (χ3n) is 2.40. The fourth-order valence-corrected chi connectivity index (χ4v) is 1.37. The Hall–Kier alpha value is -2.05. The van der Waals surface area contributed by atoms with Gasteiger partial charge in [-0.3, -0.25) is 14.3 Å². The molecule has 0 saturated carbocycles. The summed E-state index contributed by atoms with van der Waals surface area (Å²) >= 11 is 0. The van der Waals surface area contributed by atoms with Crippen LogP contribution in [0.25, 0.3) is 0 Å². The van der Waals surface area contributed by atoms with Crippen molar-refractivity contribution in [3.05, 3.63) is 11.8 Å². The number of rotatable bonds is 4. The molecule has 100 valence electrons. The highest BCUT2D eigenvalue weighted by atomic mass is 16.2. The van der Waals surface area contributed by atoms with Crippen LogP contribution in [0.2, 0.25) is 0 Å². The minimum Gasteiger partial charge on any atom is -0.383 e. The van der Waals surface area contributed by atoms with Gasteiger partial charge in [-0.2, -0.15) is 5.10 Å². The first-order valence-corrected chi connectivity index (χ1v) is 5.71. The molecule has 0 fully saturated rings. The van der Waals surface area contributed by atoms with Crippen molar-refractivity contribution in [3.63, 3.8) is 0 Å². The Labute approximate surface area is 106 Å². The van der Waals surface area contributed by atoms with Crippen LogP contribution < -0.4 is 16.4 Å². The summed E-state index contributed by atoms with van der Waals surface area (Å²) in [6.45, 7) is 5.32. The number of aryl methyl sites for hydroxylation is 1. The van der Waals surface area contributed by atoms with Crippen LogP contribution in [0.3, 0.4) is 0 Å². The standard InChI is InChI=1S/C11H19N5O2/c1-6(2)14-10(17)7(3)15-11(18)8-5-13-16(4)9(8)12/h5-7H,12H2,1-4H3,(H,14,17)(H,15,18). The third kappa shape index (κ3) is 3.22. The number of nitrogens with one attached hydrogen (secondary N) is 2. The first-order chi connectivity index (χ1) is 8.32. The van der Waals surface area contributed by atoms with Crippen molar-refractivity contribution in [2.45, 2.75) is 32.9 Å². The van der Waals surface area contributed by atoms with Gasteiger partial charge in [0, 0.05) is 13.1 Å². The Morgan fingerprint density at radius 2 is 1.94 bits per heavy atom. The Morgan fingerprint density at radius 3 is 2.39 bits per heavy atom. The van der Waals surface area contributed by atoms with Gasteiger partial charge in [0.05, 0.1) is 6.20 Å². The van der Waals surface area contributed by atoms with E-state index in [1.165, 1.54) is 10.9 Å². The van der Waals surface area contributed by atoms with Crippen LogP contribution in [0.15, 0.2) is 6.20 Å². The molecule has 0 spiro atoms. The van der Waals surface area contributed by atoms with E-state index in [9.17, 15) is 9.59 Å². The molecule has 1 aromatic heterocycles. The maximum Gasteiger partial charge on any atom is 0.257 e. The number of nitrogens with zero attached hydrogens (tertiary/aromatic N) is 2. The van der Waals surface area contributed by atoms with Gasteiger partial charge in [-0.15, -0.1) is 0 Å². The molecule has 18 heavy (non-hydrogen) atoms. The first-order valence-electron chi connectivity index (χ1n) is 5.71. The first kappa shape index (κ1) is 14.0. The zero-order valence-electron chi connectivity index (χ0n) is 11.0. The molecule has 4 N–H and O–H groups in total. The number of aromatic nitrogens is 2. The van der Waals surface area contributed by atoms with Crippen LogP contribution >= 0.6 is 0 Å². The van der Waals surface area contributed by atoms with E-state index < -0.39 is 11.9 Å². The molecule has 0 aliphatic heterocycles. The van der Waals surface area contributed by atoms with Crippen LogP contribution in [0, 0.1) is 0 Å². The summed E-state index contributed by atoms with van der Waals surface area (Å²) in [5, 5.41) is 9.15. The summed E-state index contributed by atoms with van der Waals surface area (Å²) in [4.78, 5) is 23.5. The molecule has 7 nitrogen and oxygen atoms in total. The Bertz CT molecular complexity index is 452. The van der Waals surface area contributed by atoms with Gasteiger partial charge in [0.15, 0.2) is 0 Å². The predicted molar refractivity (Wildman–Crippen MR) is 67.8 cm³/mol. The van der Waals surface area contributed by atoms with Gasteiger partial charge in [-0.1, -0.05) is 0 Å². The molecule has 0 aliphatic carbocycles. The van der Waals surface area contributed by atoms with Gasteiger partial charge < -0.3 is 16.4 Å². The van der Waals surface area contributed by atoms with Crippen LogP contribution in [0.4, 0.5) is 5.82 Å². The molecular formula is C11H19N5O2.